The molecule has 0 atom stereocenters. The molecule has 62 heavy (non-hydrogen) atoms. The van der Waals surface area contributed by atoms with Crippen molar-refractivity contribution in [2.45, 2.75) is 92.4 Å². The Balaban J connectivity index is 0.00000529. The topological polar surface area (TPSA) is 33.5 Å². The summed E-state index contributed by atoms with van der Waals surface area (Å²) in [7, 11) is 0. The molecule has 0 bridgehead atoms. The molecule has 8 aromatic rings. The second-order valence-corrected chi connectivity index (χ2v) is 19.7. The summed E-state index contributed by atoms with van der Waals surface area (Å²) in [6.45, 7) is 26.8. The molecule has 1 aliphatic heterocycles. The van der Waals surface area contributed by atoms with E-state index in [1.54, 1.807) is 0 Å². The number of rotatable bonds is 6. The van der Waals surface area contributed by atoms with Crippen molar-refractivity contribution in [2.75, 3.05) is 9.80 Å². The van der Waals surface area contributed by atoms with E-state index in [-0.39, 0.29) is 37.3 Å². The third-order valence-corrected chi connectivity index (χ3v) is 12.0. The summed E-state index contributed by atoms with van der Waals surface area (Å²) < 4.78 is 9.17. The number of ether oxygens (including phenoxy) is 1. The molecule has 3 heterocycles. The summed E-state index contributed by atoms with van der Waals surface area (Å²) in [4.78, 5) is 9.46. The number of hydrogen-bond acceptors (Lipinski definition) is 4. The van der Waals surface area contributed by atoms with E-state index in [4.69, 9.17) is 9.72 Å². The van der Waals surface area contributed by atoms with E-state index < -0.39 is 0 Å². The Labute approximate surface area is 382 Å². The van der Waals surface area contributed by atoms with E-state index in [0.29, 0.717) is 11.5 Å². The van der Waals surface area contributed by atoms with Crippen LogP contribution in [0.5, 0.6) is 11.5 Å². The van der Waals surface area contributed by atoms with Gasteiger partial charge in [-0.05, 0) is 106 Å². The Morgan fingerprint density at radius 3 is 1.97 bits per heavy atom. The van der Waals surface area contributed by atoms with Crippen molar-refractivity contribution < 1.29 is 25.8 Å². The van der Waals surface area contributed by atoms with Crippen LogP contribution in [0.1, 0.15) is 90.1 Å². The molecule has 6 heteroatoms. The molecular formula is C56H55N4OPt-3. The Hall–Kier alpha value is -5.64. The first-order chi connectivity index (χ1) is 29.0. The number of aromatic nitrogens is 2. The van der Waals surface area contributed by atoms with Crippen LogP contribution in [0.3, 0.4) is 0 Å². The van der Waals surface area contributed by atoms with Crippen LogP contribution in [0.4, 0.5) is 22.7 Å². The average molecular weight is 995 g/mol. The third kappa shape index (κ3) is 7.86. The molecule has 318 valence electrons. The number of pyridine rings is 1. The molecule has 0 aliphatic carbocycles. The van der Waals surface area contributed by atoms with E-state index in [1.807, 2.05) is 12.3 Å². The first-order valence-electron chi connectivity index (χ1n) is 21.4. The van der Waals surface area contributed by atoms with E-state index in [2.05, 4.69) is 225 Å². The van der Waals surface area contributed by atoms with Gasteiger partial charge in [0.15, 0.2) is 0 Å². The molecule has 0 radical (unpaired) electrons. The fourth-order valence-corrected chi connectivity index (χ4v) is 8.74. The number of aryl methyl sites for hydroxylation is 2. The smallest absolute Gasteiger partial charge is 0.136 e. The van der Waals surface area contributed by atoms with Gasteiger partial charge in [0.25, 0.3) is 0 Å². The maximum absolute atomic E-state index is 6.95. The Kier molecular flexibility index (Phi) is 11.0. The predicted octanol–water partition coefficient (Wildman–Crippen LogP) is 15.2. The van der Waals surface area contributed by atoms with Crippen LogP contribution in [0.2, 0.25) is 0 Å². The fraction of sp³-hybridized carbons (Fsp3) is 0.250. The van der Waals surface area contributed by atoms with Gasteiger partial charge in [-0.2, -0.15) is 12.1 Å². The molecule has 5 nitrogen and oxygen atoms in total. The Morgan fingerprint density at radius 2 is 1.27 bits per heavy atom. The number of nitrogens with zero attached hydrogens (tertiary/aromatic N) is 4. The molecule has 2 aromatic heterocycles. The molecule has 0 spiro atoms. The van der Waals surface area contributed by atoms with Gasteiger partial charge in [0.05, 0.1) is 0 Å². The minimum absolute atomic E-state index is 0. The third-order valence-electron chi connectivity index (χ3n) is 12.0. The summed E-state index contributed by atoms with van der Waals surface area (Å²) in [6.07, 6.45) is 1.92. The van der Waals surface area contributed by atoms with Crippen molar-refractivity contribution in [2.24, 2.45) is 0 Å². The number of fused-ring (bicyclic) bond motifs is 4. The molecule has 1 aliphatic rings. The largest absolute Gasteiger partial charge is 0.509 e. The van der Waals surface area contributed by atoms with Gasteiger partial charge in [-0.25, -0.2) is 4.98 Å². The molecule has 6 aromatic carbocycles. The van der Waals surface area contributed by atoms with Gasteiger partial charge in [0.2, 0.25) is 0 Å². The molecule has 0 fully saturated rings. The monoisotopic (exact) mass is 994 g/mol. The number of para-hydroxylation sites is 3. The van der Waals surface area contributed by atoms with Crippen molar-refractivity contribution in [1.29, 1.82) is 0 Å². The van der Waals surface area contributed by atoms with Gasteiger partial charge in [0, 0.05) is 61.3 Å². The zero-order valence-electron chi connectivity index (χ0n) is 37.7. The SMILES string of the molecule is Cc1cc(C(C)(C)C)cc(C)c1-c1ccnc(-n2c3[c-]c(Oc4[c-]c(N5[CH-]N(c6cccc(C(C)(C)C)c6)c6ccccc65)ccc4C(C)(C)C)ccc3c3ccccc32)c1.[Pt]. The predicted molar refractivity (Wildman–Crippen MR) is 255 cm³/mol. The van der Waals surface area contributed by atoms with Gasteiger partial charge in [-0.15, -0.1) is 47.6 Å². The first kappa shape index (κ1) is 43.0. The summed E-state index contributed by atoms with van der Waals surface area (Å²) >= 11 is 0. The van der Waals surface area contributed by atoms with Crippen molar-refractivity contribution in [3.63, 3.8) is 0 Å². The van der Waals surface area contributed by atoms with Gasteiger partial charge in [-0.1, -0.05) is 128 Å². The zero-order valence-corrected chi connectivity index (χ0v) is 40.0. The van der Waals surface area contributed by atoms with Gasteiger partial charge in [0.1, 0.15) is 5.82 Å². The minimum Gasteiger partial charge on any atom is -0.509 e. The van der Waals surface area contributed by atoms with E-state index in [9.17, 15) is 0 Å². The van der Waals surface area contributed by atoms with Crippen molar-refractivity contribution >= 4 is 44.6 Å². The van der Waals surface area contributed by atoms with Gasteiger partial charge < -0.3 is 19.1 Å². The Morgan fingerprint density at radius 1 is 0.597 bits per heavy atom. The van der Waals surface area contributed by atoms with Crippen LogP contribution in [-0.4, -0.2) is 9.55 Å². The maximum atomic E-state index is 6.95. The zero-order chi connectivity index (χ0) is 43.0. The standard InChI is InChI=1S/C56H55N4O.Pt/c1-36-29-40(55(6,7)8)30-37(2)53(36)38-27-28-57-52(31-38)60-47-20-13-12-19-44(47)45-25-24-43(34-50(45)60)61-51-33-42(23-26-46(51)56(9,10)11)59-35-58(48-21-14-15-22-49(48)59)41-18-16-17-39(32-41)54(3,4)5;/h12-32,35H,1-11H3;/q-3;. The van der Waals surface area contributed by atoms with Crippen molar-refractivity contribution in [3.05, 3.63) is 174 Å². The Bertz CT molecular complexity index is 2950. The molecule has 0 saturated heterocycles. The van der Waals surface area contributed by atoms with Gasteiger partial charge in [-0.3, -0.25) is 0 Å². The van der Waals surface area contributed by atoms with Crippen LogP contribution < -0.4 is 14.5 Å². The molecule has 0 saturated carbocycles. The number of benzene rings is 6. The second kappa shape index (κ2) is 15.9. The molecule has 0 N–H and O–H groups in total. The van der Waals surface area contributed by atoms with Gasteiger partial charge >= 0.3 is 0 Å². The molecule has 0 amide bonds. The van der Waals surface area contributed by atoms with E-state index in [0.717, 1.165) is 61.5 Å². The van der Waals surface area contributed by atoms with Crippen LogP contribution >= 0.6 is 0 Å². The quantitative estimate of drug-likeness (QED) is 0.155. The molecular weight excluding hydrogens is 940 g/mol. The summed E-state index contributed by atoms with van der Waals surface area (Å²) in [5, 5.41) is 2.23. The van der Waals surface area contributed by atoms with E-state index in [1.165, 1.54) is 27.8 Å². The van der Waals surface area contributed by atoms with Crippen molar-refractivity contribution in [3.8, 4) is 28.4 Å². The van der Waals surface area contributed by atoms with Crippen LogP contribution in [0.25, 0.3) is 38.8 Å². The maximum Gasteiger partial charge on any atom is 0.136 e. The molecule has 0 unspecified atom stereocenters. The average Bonchev–Trinajstić information content (AvgIpc) is 3.76. The van der Waals surface area contributed by atoms with Crippen LogP contribution in [-0.2, 0) is 37.3 Å². The van der Waals surface area contributed by atoms with Crippen molar-refractivity contribution in [1.82, 2.24) is 9.55 Å². The molecule has 9 rings (SSSR count). The van der Waals surface area contributed by atoms with Crippen LogP contribution in [0.15, 0.2) is 128 Å². The first-order valence-corrected chi connectivity index (χ1v) is 21.4. The van der Waals surface area contributed by atoms with Crippen LogP contribution in [0, 0.1) is 32.6 Å². The summed E-state index contributed by atoms with van der Waals surface area (Å²) in [5.74, 6) is 2.12. The summed E-state index contributed by atoms with van der Waals surface area (Å²) in [5.41, 5.74) is 14.7. The van der Waals surface area contributed by atoms with E-state index >= 15 is 0 Å². The second-order valence-electron chi connectivity index (χ2n) is 19.7. The number of anilines is 4. The minimum atomic E-state index is -0.207. The fourth-order valence-electron chi connectivity index (χ4n) is 8.74. The number of hydrogen-bond donors (Lipinski definition) is 0. The summed E-state index contributed by atoms with van der Waals surface area (Å²) in [6, 6.07) is 50.8. The normalized spacial score (nSPS) is 13.1.